The van der Waals surface area contributed by atoms with Crippen molar-refractivity contribution in [2.24, 2.45) is 0 Å². The molecule has 2 atom stereocenters. The van der Waals surface area contributed by atoms with E-state index in [9.17, 15) is 14.6 Å². The van der Waals surface area contributed by atoms with E-state index >= 15 is 0 Å². The number of aromatic nitrogens is 1. The maximum Gasteiger partial charge on any atom is 0.478 e. The van der Waals surface area contributed by atoms with Crippen LogP contribution in [0.25, 0.3) is 0 Å². The summed E-state index contributed by atoms with van der Waals surface area (Å²) in [6, 6.07) is 5.02. The number of nitrogens with zero attached hydrogens (tertiary/aromatic N) is 1. The Labute approximate surface area is 127 Å². The highest BCUT2D eigenvalue weighted by atomic mass is 16.5. The first-order valence-electron chi connectivity index (χ1n) is 7.00. The molecule has 1 aliphatic heterocycles. The quantitative estimate of drug-likeness (QED) is 0.532. The summed E-state index contributed by atoms with van der Waals surface area (Å²) in [7, 11) is -1.21. The molecule has 0 saturated carbocycles. The lowest BCUT2D eigenvalue weighted by atomic mass is 9.72. The molecule has 1 aromatic heterocycles. The third-order valence-corrected chi connectivity index (χ3v) is 3.39. The number of anilines is 1. The fourth-order valence-corrected chi connectivity index (χ4v) is 2.38. The predicted molar refractivity (Wildman–Crippen MR) is 78.6 cm³/mol. The molecule has 118 valence electrons. The first kappa shape index (κ1) is 16.2. The standard InChI is InChI=1S/C13H18BN3O5/c15-11-3-1-2-8(16-11)6-12(18)17-10-5-4-9(7-13(19)20)22-14(10)21/h1-3,9-10,21H,4-7H2,(H2,15,16)(H,17,18)(H,19,20)/t9-,10-/m0/s1. The van der Waals surface area contributed by atoms with Crippen LogP contribution in [-0.4, -0.2) is 46.2 Å². The summed E-state index contributed by atoms with van der Waals surface area (Å²) in [5.41, 5.74) is 6.08. The van der Waals surface area contributed by atoms with E-state index in [1.165, 1.54) is 0 Å². The zero-order chi connectivity index (χ0) is 16.1. The van der Waals surface area contributed by atoms with Crippen molar-refractivity contribution in [3.8, 4) is 0 Å². The molecule has 1 fully saturated rings. The second-order valence-electron chi connectivity index (χ2n) is 5.23. The normalized spacial score (nSPS) is 21.4. The van der Waals surface area contributed by atoms with Gasteiger partial charge in [0.2, 0.25) is 5.91 Å². The molecule has 2 heterocycles. The van der Waals surface area contributed by atoms with E-state index in [0.29, 0.717) is 24.4 Å². The van der Waals surface area contributed by atoms with Gasteiger partial charge in [-0.2, -0.15) is 0 Å². The van der Waals surface area contributed by atoms with Crippen molar-refractivity contribution < 1.29 is 24.4 Å². The minimum atomic E-state index is -1.21. The second-order valence-corrected chi connectivity index (χ2v) is 5.23. The van der Waals surface area contributed by atoms with Gasteiger partial charge in [-0.1, -0.05) is 6.07 Å². The molecule has 0 unspecified atom stereocenters. The Kier molecular flexibility index (Phi) is 5.34. The molecule has 0 spiro atoms. The number of nitrogen functional groups attached to an aromatic ring is 1. The molecule has 22 heavy (non-hydrogen) atoms. The first-order valence-corrected chi connectivity index (χ1v) is 7.00. The lowest BCUT2D eigenvalue weighted by Gasteiger charge is -2.30. The molecule has 9 heteroatoms. The Hall–Kier alpha value is -2.13. The van der Waals surface area contributed by atoms with Crippen LogP contribution in [0.2, 0.25) is 0 Å². The lowest BCUT2D eigenvalue weighted by molar-refractivity contribution is -0.139. The van der Waals surface area contributed by atoms with Gasteiger partial charge < -0.3 is 25.8 Å². The number of nitrogens with one attached hydrogen (secondary N) is 1. The lowest BCUT2D eigenvalue weighted by Crippen LogP contribution is -2.53. The van der Waals surface area contributed by atoms with Crippen molar-refractivity contribution in [3.63, 3.8) is 0 Å². The number of carboxylic acid groups (broad SMARTS) is 1. The molecule has 2 rings (SSSR count). The number of hydrogen-bond donors (Lipinski definition) is 4. The van der Waals surface area contributed by atoms with E-state index in [-0.39, 0.29) is 18.7 Å². The average molecular weight is 307 g/mol. The summed E-state index contributed by atoms with van der Waals surface area (Å²) in [4.78, 5) is 26.6. The Morgan fingerprint density at radius 3 is 2.86 bits per heavy atom. The zero-order valence-corrected chi connectivity index (χ0v) is 11.9. The van der Waals surface area contributed by atoms with Crippen molar-refractivity contribution in [1.82, 2.24) is 10.3 Å². The summed E-state index contributed by atoms with van der Waals surface area (Å²) >= 11 is 0. The second kappa shape index (κ2) is 7.23. The maximum absolute atomic E-state index is 11.9. The number of pyridine rings is 1. The van der Waals surface area contributed by atoms with Crippen LogP contribution in [0.3, 0.4) is 0 Å². The highest BCUT2D eigenvalue weighted by Gasteiger charge is 2.36. The molecule has 0 aliphatic carbocycles. The highest BCUT2D eigenvalue weighted by Crippen LogP contribution is 2.18. The Bertz CT molecular complexity index is 556. The molecule has 8 nitrogen and oxygen atoms in total. The van der Waals surface area contributed by atoms with E-state index in [1.807, 2.05) is 0 Å². The summed E-state index contributed by atoms with van der Waals surface area (Å²) in [6.45, 7) is 0. The van der Waals surface area contributed by atoms with Crippen LogP contribution < -0.4 is 11.1 Å². The van der Waals surface area contributed by atoms with Gasteiger partial charge >= 0.3 is 13.1 Å². The van der Waals surface area contributed by atoms with Crippen LogP contribution in [0.1, 0.15) is 25.0 Å². The molecular weight excluding hydrogens is 289 g/mol. The van der Waals surface area contributed by atoms with Crippen molar-refractivity contribution in [2.45, 2.75) is 37.7 Å². The highest BCUT2D eigenvalue weighted by molar-refractivity contribution is 6.45. The fourth-order valence-electron chi connectivity index (χ4n) is 2.38. The maximum atomic E-state index is 11.9. The van der Waals surface area contributed by atoms with Crippen LogP contribution in [0.4, 0.5) is 5.82 Å². The monoisotopic (exact) mass is 307 g/mol. The number of hydrogen-bond acceptors (Lipinski definition) is 6. The number of amides is 1. The number of nitrogens with two attached hydrogens (primary N) is 1. The van der Waals surface area contributed by atoms with E-state index in [0.717, 1.165) is 0 Å². The van der Waals surface area contributed by atoms with Crippen molar-refractivity contribution >= 4 is 24.8 Å². The largest absolute Gasteiger partial charge is 0.481 e. The number of carbonyl (C=O) groups is 2. The molecule has 0 aromatic carbocycles. The SMILES string of the molecule is Nc1cccc(CC(=O)N[C@H]2CC[C@@H](CC(=O)O)OB2O)n1. The van der Waals surface area contributed by atoms with Crippen LogP contribution in [0, 0.1) is 0 Å². The van der Waals surface area contributed by atoms with Crippen molar-refractivity contribution in [3.05, 3.63) is 23.9 Å². The molecule has 1 amide bonds. The smallest absolute Gasteiger partial charge is 0.478 e. The zero-order valence-electron chi connectivity index (χ0n) is 11.9. The Balaban J connectivity index is 1.83. The van der Waals surface area contributed by atoms with Crippen LogP contribution in [0.15, 0.2) is 18.2 Å². The average Bonchev–Trinajstić information content (AvgIpc) is 2.41. The summed E-state index contributed by atoms with van der Waals surface area (Å²) in [6.07, 6.45) is 0.272. The van der Waals surface area contributed by atoms with Crippen LogP contribution in [0.5, 0.6) is 0 Å². The molecule has 5 N–H and O–H groups in total. The van der Waals surface area contributed by atoms with Gasteiger partial charge in [0.1, 0.15) is 5.82 Å². The summed E-state index contributed by atoms with van der Waals surface area (Å²) in [5, 5.41) is 21.2. The van der Waals surface area contributed by atoms with Gasteiger partial charge in [0.05, 0.1) is 30.6 Å². The van der Waals surface area contributed by atoms with Gasteiger partial charge in [0, 0.05) is 0 Å². The van der Waals surface area contributed by atoms with Crippen LogP contribution >= 0.6 is 0 Å². The Morgan fingerprint density at radius 2 is 2.23 bits per heavy atom. The van der Waals surface area contributed by atoms with Gasteiger partial charge in [0.15, 0.2) is 0 Å². The number of carbonyl (C=O) groups excluding carboxylic acids is 1. The predicted octanol–water partition coefficient (Wildman–Crippen LogP) is -0.635. The summed E-state index contributed by atoms with van der Waals surface area (Å²) in [5.74, 6) is -1.50. The molecule has 1 aromatic rings. The molecule has 0 bridgehead atoms. The minimum Gasteiger partial charge on any atom is -0.481 e. The van der Waals surface area contributed by atoms with E-state index < -0.39 is 25.1 Å². The van der Waals surface area contributed by atoms with Gasteiger partial charge in [0.25, 0.3) is 0 Å². The third kappa shape index (κ3) is 4.71. The topological polar surface area (TPSA) is 135 Å². The molecule has 0 radical (unpaired) electrons. The van der Waals surface area contributed by atoms with Gasteiger partial charge in [-0.05, 0) is 25.0 Å². The third-order valence-electron chi connectivity index (χ3n) is 3.39. The fraction of sp³-hybridized carbons (Fsp3) is 0.462. The number of aliphatic carboxylic acids is 1. The molecule has 1 saturated heterocycles. The van der Waals surface area contributed by atoms with E-state index in [2.05, 4.69) is 10.3 Å². The number of rotatable bonds is 5. The van der Waals surface area contributed by atoms with Crippen LogP contribution in [-0.2, 0) is 20.7 Å². The van der Waals surface area contributed by atoms with Gasteiger partial charge in [-0.3, -0.25) is 9.59 Å². The van der Waals surface area contributed by atoms with E-state index in [4.69, 9.17) is 15.5 Å². The van der Waals surface area contributed by atoms with E-state index in [1.54, 1.807) is 18.2 Å². The minimum absolute atomic E-state index is 0.0484. The number of carboxylic acids is 1. The molecule has 1 aliphatic rings. The molecular formula is C13H18BN3O5. The summed E-state index contributed by atoms with van der Waals surface area (Å²) < 4.78 is 5.20. The first-order chi connectivity index (χ1) is 10.4. The van der Waals surface area contributed by atoms with Crippen molar-refractivity contribution in [2.75, 3.05) is 5.73 Å². The Morgan fingerprint density at radius 1 is 1.45 bits per heavy atom. The van der Waals surface area contributed by atoms with Crippen molar-refractivity contribution in [1.29, 1.82) is 0 Å². The van der Waals surface area contributed by atoms with Gasteiger partial charge in [-0.25, -0.2) is 4.98 Å². The van der Waals surface area contributed by atoms with Gasteiger partial charge in [-0.15, -0.1) is 0 Å².